The Hall–Kier alpha value is -1.91. The number of carboxylic acids is 1. The molecule has 78 valence electrons. The van der Waals surface area contributed by atoms with Crippen LogP contribution in [-0.2, 0) is 9.59 Å². The first kappa shape index (κ1) is 9.64. The van der Waals surface area contributed by atoms with Crippen LogP contribution in [0.1, 0.15) is 17.9 Å². The third-order valence-electron chi connectivity index (χ3n) is 2.50. The molecular formula is C10H10N2O3. The van der Waals surface area contributed by atoms with Crippen molar-refractivity contribution in [2.24, 2.45) is 0 Å². The number of nitrogens with one attached hydrogen (secondary N) is 1. The van der Waals surface area contributed by atoms with E-state index in [0.29, 0.717) is 0 Å². The van der Waals surface area contributed by atoms with Crippen LogP contribution in [-0.4, -0.2) is 28.0 Å². The van der Waals surface area contributed by atoms with E-state index in [0.717, 1.165) is 5.56 Å². The fourth-order valence-corrected chi connectivity index (χ4v) is 1.79. The maximum absolute atomic E-state index is 11.1. The van der Waals surface area contributed by atoms with E-state index in [1.807, 2.05) is 0 Å². The molecule has 0 bridgehead atoms. The molecule has 0 aliphatic carbocycles. The number of rotatable bonds is 2. The van der Waals surface area contributed by atoms with Crippen molar-refractivity contribution in [2.75, 3.05) is 0 Å². The van der Waals surface area contributed by atoms with Gasteiger partial charge in [0.05, 0.1) is 0 Å². The fourth-order valence-electron chi connectivity index (χ4n) is 1.79. The number of pyridine rings is 1. The standard InChI is InChI=1S/C10H10N2O3/c13-8-4-7(9(12-8)10(14)15)6-2-1-3-11-5-6/h1-3,5,7,9H,4H2,(H,12,13)(H,14,15)/t7-,9-/m1/s1. The molecule has 1 aliphatic rings. The molecule has 15 heavy (non-hydrogen) atoms. The van der Waals surface area contributed by atoms with E-state index in [1.165, 1.54) is 0 Å². The minimum atomic E-state index is -1.00. The van der Waals surface area contributed by atoms with Gasteiger partial charge in [-0.05, 0) is 11.6 Å². The molecule has 0 spiro atoms. The molecule has 1 aromatic rings. The summed E-state index contributed by atoms with van der Waals surface area (Å²) in [6, 6.07) is 2.69. The summed E-state index contributed by atoms with van der Waals surface area (Å²) in [4.78, 5) is 26.0. The molecule has 5 nitrogen and oxygen atoms in total. The molecule has 2 N–H and O–H groups in total. The lowest BCUT2D eigenvalue weighted by molar-refractivity contribution is -0.140. The number of hydrogen-bond donors (Lipinski definition) is 2. The predicted molar refractivity (Wildman–Crippen MR) is 51.2 cm³/mol. The molecule has 0 aromatic carbocycles. The minimum Gasteiger partial charge on any atom is -0.480 e. The number of hydrogen-bond acceptors (Lipinski definition) is 3. The van der Waals surface area contributed by atoms with Crippen molar-refractivity contribution in [1.29, 1.82) is 0 Å². The quantitative estimate of drug-likeness (QED) is 0.721. The topological polar surface area (TPSA) is 79.3 Å². The van der Waals surface area contributed by atoms with Gasteiger partial charge in [-0.3, -0.25) is 9.78 Å². The van der Waals surface area contributed by atoms with Gasteiger partial charge in [0.25, 0.3) is 0 Å². The molecule has 1 saturated heterocycles. The Bertz CT molecular complexity index is 391. The first-order valence-corrected chi connectivity index (χ1v) is 4.60. The molecule has 1 amide bonds. The van der Waals surface area contributed by atoms with E-state index in [4.69, 9.17) is 5.11 Å². The Labute approximate surface area is 86.1 Å². The molecule has 0 unspecified atom stereocenters. The first-order valence-electron chi connectivity index (χ1n) is 4.60. The summed E-state index contributed by atoms with van der Waals surface area (Å²) in [6.45, 7) is 0. The molecule has 2 rings (SSSR count). The molecule has 0 radical (unpaired) electrons. The highest BCUT2D eigenvalue weighted by atomic mass is 16.4. The zero-order valence-corrected chi connectivity index (χ0v) is 7.88. The van der Waals surface area contributed by atoms with Gasteiger partial charge in [-0.15, -0.1) is 0 Å². The predicted octanol–water partition coefficient (Wildman–Crippen LogP) is 0.138. The third kappa shape index (κ3) is 1.81. The average molecular weight is 206 g/mol. The van der Waals surface area contributed by atoms with Gasteiger partial charge in [-0.25, -0.2) is 4.79 Å². The van der Waals surface area contributed by atoms with Gasteiger partial charge in [-0.1, -0.05) is 6.07 Å². The van der Waals surface area contributed by atoms with Crippen LogP contribution in [0.15, 0.2) is 24.5 Å². The van der Waals surface area contributed by atoms with Crippen molar-refractivity contribution in [1.82, 2.24) is 10.3 Å². The summed E-state index contributed by atoms with van der Waals surface area (Å²) >= 11 is 0. The molecule has 1 aromatic heterocycles. The third-order valence-corrected chi connectivity index (χ3v) is 2.50. The van der Waals surface area contributed by atoms with Gasteiger partial charge in [-0.2, -0.15) is 0 Å². The highest BCUT2D eigenvalue weighted by molar-refractivity contribution is 5.89. The number of amides is 1. The van der Waals surface area contributed by atoms with Crippen molar-refractivity contribution in [3.8, 4) is 0 Å². The van der Waals surface area contributed by atoms with Crippen molar-refractivity contribution in [3.05, 3.63) is 30.1 Å². The molecule has 5 heteroatoms. The molecule has 1 aliphatic heterocycles. The van der Waals surface area contributed by atoms with Gasteiger partial charge in [0, 0.05) is 24.7 Å². The van der Waals surface area contributed by atoms with Crippen LogP contribution in [0.25, 0.3) is 0 Å². The van der Waals surface area contributed by atoms with E-state index in [1.54, 1.807) is 24.5 Å². The number of carbonyl (C=O) groups excluding carboxylic acids is 1. The van der Waals surface area contributed by atoms with Crippen LogP contribution < -0.4 is 5.32 Å². The van der Waals surface area contributed by atoms with Crippen LogP contribution >= 0.6 is 0 Å². The summed E-state index contributed by atoms with van der Waals surface area (Å²) in [6.07, 6.45) is 3.42. The van der Waals surface area contributed by atoms with Gasteiger partial charge in [0.15, 0.2) is 0 Å². The zero-order chi connectivity index (χ0) is 10.8. The van der Waals surface area contributed by atoms with Crippen molar-refractivity contribution < 1.29 is 14.7 Å². The maximum atomic E-state index is 11.1. The van der Waals surface area contributed by atoms with E-state index in [-0.39, 0.29) is 18.2 Å². The fraction of sp³-hybridized carbons (Fsp3) is 0.300. The monoisotopic (exact) mass is 206 g/mol. The average Bonchev–Trinajstić information content (AvgIpc) is 2.62. The first-order chi connectivity index (χ1) is 7.18. The SMILES string of the molecule is O=C1C[C@H](c2cccnc2)[C@H](C(=O)O)N1. The smallest absolute Gasteiger partial charge is 0.326 e. The molecule has 1 fully saturated rings. The van der Waals surface area contributed by atoms with Crippen LogP contribution in [0.4, 0.5) is 0 Å². The second-order valence-corrected chi connectivity index (χ2v) is 3.48. The summed E-state index contributed by atoms with van der Waals surface area (Å²) < 4.78 is 0. The van der Waals surface area contributed by atoms with Crippen molar-refractivity contribution >= 4 is 11.9 Å². The number of carbonyl (C=O) groups is 2. The Morgan fingerprint density at radius 3 is 3.00 bits per heavy atom. The lowest BCUT2D eigenvalue weighted by Crippen LogP contribution is -2.36. The van der Waals surface area contributed by atoms with Crippen LogP contribution in [0, 0.1) is 0 Å². The molecule has 2 heterocycles. The van der Waals surface area contributed by atoms with Gasteiger partial charge in [0.1, 0.15) is 6.04 Å². The number of carboxylic acid groups (broad SMARTS) is 1. The highest BCUT2D eigenvalue weighted by Gasteiger charge is 2.38. The van der Waals surface area contributed by atoms with E-state index >= 15 is 0 Å². The van der Waals surface area contributed by atoms with E-state index in [9.17, 15) is 9.59 Å². The van der Waals surface area contributed by atoms with Crippen molar-refractivity contribution in [2.45, 2.75) is 18.4 Å². The maximum Gasteiger partial charge on any atom is 0.326 e. The van der Waals surface area contributed by atoms with Crippen LogP contribution in [0.5, 0.6) is 0 Å². The Morgan fingerprint density at radius 1 is 1.60 bits per heavy atom. The number of aromatic nitrogens is 1. The van der Waals surface area contributed by atoms with Gasteiger partial charge >= 0.3 is 5.97 Å². The Balaban J connectivity index is 2.28. The minimum absolute atomic E-state index is 0.211. The Morgan fingerprint density at radius 2 is 2.40 bits per heavy atom. The lowest BCUT2D eigenvalue weighted by atomic mass is 9.93. The molecule has 0 saturated carbocycles. The van der Waals surface area contributed by atoms with Crippen LogP contribution in [0.2, 0.25) is 0 Å². The summed E-state index contributed by atoms with van der Waals surface area (Å²) in [7, 11) is 0. The molecule has 2 atom stereocenters. The lowest BCUT2D eigenvalue weighted by Gasteiger charge is -2.13. The second kappa shape index (κ2) is 3.68. The Kier molecular flexibility index (Phi) is 2.37. The number of nitrogens with zero attached hydrogens (tertiary/aromatic N) is 1. The normalized spacial score (nSPS) is 24.9. The summed E-state index contributed by atoms with van der Waals surface area (Å²) in [5, 5.41) is 11.4. The molecular weight excluding hydrogens is 196 g/mol. The van der Waals surface area contributed by atoms with Crippen LogP contribution in [0.3, 0.4) is 0 Å². The largest absolute Gasteiger partial charge is 0.480 e. The van der Waals surface area contributed by atoms with Crippen molar-refractivity contribution in [3.63, 3.8) is 0 Å². The summed E-state index contributed by atoms with van der Waals surface area (Å²) in [5.41, 5.74) is 0.781. The second-order valence-electron chi connectivity index (χ2n) is 3.48. The van der Waals surface area contributed by atoms with Gasteiger partial charge < -0.3 is 10.4 Å². The van der Waals surface area contributed by atoms with E-state index in [2.05, 4.69) is 10.3 Å². The number of aliphatic carboxylic acids is 1. The summed E-state index contributed by atoms with van der Waals surface area (Å²) in [5.74, 6) is -1.55. The van der Waals surface area contributed by atoms with E-state index < -0.39 is 12.0 Å². The zero-order valence-electron chi connectivity index (χ0n) is 7.88. The highest BCUT2D eigenvalue weighted by Crippen LogP contribution is 2.27. The van der Waals surface area contributed by atoms with Gasteiger partial charge in [0.2, 0.25) is 5.91 Å².